The molecule has 0 unspecified atom stereocenters. The highest BCUT2D eigenvalue weighted by Gasteiger charge is 2.37. The van der Waals surface area contributed by atoms with Crippen LogP contribution in [0, 0.1) is 0 Å². The van der Waals surface area contributed by atoms with E-state index in [-0.39, 0.29) is 25.3 Å². The lowest BCUT2D eigenvalue weighted by atomic mass is 10.2. The molecule has 0 aliphatic carbocycles. The average Bonchev–Trinajstić information content (AvgIpc) is 2.88. The summed E-state index contributed by atoms with van der Waals surface area (Å²) in [4.78, 5) is 12.3. The molecule has 1 saturated heterocycles. The first-order chi connectivity index (χ1) is 11.9. The molecule has 1 aliphatic heterocycles. The lowest BCUT2D eigenvalue weighted by molar-refractivity contribution is -0.274. The van der Waals surface area contributed by atoms with Crippen LogP contribution in [0.1, 0.15) is 6.42 Å². The molecule has 8 nitrogen and oxygen atoms in total. The first kappa shape index (κ1) is 20.1. The molecule has 1 fully saturated rings. The lowest BCUT2D eigenvalue weighted by Crippen LogP contribution is -2.38. The summed E-state index contributed by atoms with van der Waals surface area (Å²) in [5, 5.41) is 9.18. The van der Waals surface area contributed by atoms with E-state index in [1.54, 1.807) is 0 Å². The number of amides is 1. The Balaban J connectivity index is 1.98. The molecule has 0 saturated carbocycles. The Morgan fingerprint density at radius 3 is 2.35 bits per heavy atom. The third-order valence-corrected chi connectivity index (χ3v) is 4.02. The van der Waals surface area contributed by atoms with E-state index in [2.05, 4.69) is 8.92 Å². The van der Waals surface area contributed by atoms with Crippen molar-refractivity contribution in [2.75, 3.05) is 19.4 Å². The SMILES string of the molecule is CS(=O)(=O)OC[C@@H]1C[C@H](Oc2ccc(OC(F)(F)F)cc2)CN1C(=O)O. The number of halogens is 3. The topological polar surface area (TPSA) is 102 Å². The second-order valence-electron chi connectivity index (χ2n) is 5.57. The number of ether oxygens (including phenoxy) is 2. The molecule has 0 spiro atoms. The summed E-state index contributed by atoms with van der Waals surface area (Å²) in [6.07, 6.45) is -5.64. The molecule has 26 heavy (non-hydrogen) atoms. The molecular weight excluding hydrogens is 383 g/mol. The molecule has 146 valence electrons. The highest BCUT2D eigenvalue weighted by molar-refractivity contribution is 7.85. The molecule has 1 aromatic carbocycles. The quantitative estimate of drug-likeness (QED) is 0.731. The average molecular weight is 399 g/mol. The first-order valence-electron chi connectivity index (χ1n) is 7.29. The molecule has 12 heteroatoms. The maximum Gasteiger partial charge on any atom is 0.573 e. The van der Waals surface area contributed by atoms with Crippen LogP contribution in [0.4, 0.5) is 18.0 Å². The van der Waals surface area contributed by atoms with Crippen LogP contribution < -0.4 is 9.47 Å². The van der Waals surface area contributed by atoms with E-state index < -0.39 is 40.5 Å². The number of hydrogen-bond donors (Lipinski definition) is 1. The Hall–Kier alpha value is -2.21. The van der Waals surface area contributed by atoms with Gasteiger partial charge in [0.2, 0.25) is 0 Å². The van der Waals surface area contributed by atoms with E-state index in [0.717, 1.165) is 23.3 Å². The van der Waals surface area contributed by atoms with Gasteiger partial charge < -0.3 is 14.6 Å². The Morgan fingerprint density at radius 2 is 1.85 bits per heavy atom. The molecule has 2 atom stereocenters. The number of alkyl halides is 3. The Labute approximate surface area is 147 Å². The number of likely N-dealkylation sites (tertiary alicyclic amines) is 1. The van der Waals surface area contributed by atoms with Crippen molar-refractivity contribution in [1.82, 2.24) is 4.90 Å². The van der Waals surface area contributed by atoms with E-state index in [1.807, 2.05) is 0 Å². The van der Waals surface area contributed by atoms with Gasteiger partial charge >= 0.3 is 12.5 Å². The molecule has 2 rings (SSSR count). The minimum atomic E-state index is -4.80. The van der Waals surface area contributed by atoms with Crippen LogP contribution in [-0.2, 0) is 14.3 Å². The van der Waals surface area contributed by atoms with Gasteiger partial charge in [0.1, 0.15) is 17.6 Å². The number of benzene rings is 1. The largest absolute Gasteiger partial charge is 0.573 e. The third kappa shape index (κ3) is 6.26. The van der Waals surface area contributed by atoms with Crippen LogP contribution in [0.15, 0.2) is 24.3 Å². The van der Waals surface area contributed by atoms with Crippen molar-refractivity contribution < 1.29 is 45.1 Å². The number of hydrogen-bond acceptors (Lipinski definition) is 6. The van der Waals surface area contributed by atoms with Crippen LogP contribution in [0.25, 0.3) is 0 Å². The van der Waals surface area contributed by atoms with Crippen LogP contribution in [-0.4, -0.2) is 62.4 Å². The summed E-state index contributed by atoms with van der Waals surface area (Å²) >= 11 is 0. The maximum atomic E-state index is 12.1. The van der Waals surface area contributed by atoms with Gasteiger partial charge in [0, 0.05) is 6.42 Å². The molecule has 1 N–H and O–H groups in total. The molecular formula is C14H16F3NO7S. The summed E-state index contributed by atoms with van der Waals surface area (Å²) in [6, 6.07) is 3.92. The minimum Gasteiger partial charge on any atom is -0.488 e. The second-order valence-corrected chi connectivity index (χ2v) is 7.22. The molecule has 0 bridgehead atoms. The van der Waals surface area contributed by atoms with Crippen molar-refractivity contribution in [2.24, 2.45) is 0 Å². The van der Waals surface area contributed by atoms with Gasteiger partial charge in [-0.1, -0.05) is 0 Å². The molecule has 1 amide bonds. The van der Waals surface area contributed by atoms with Gasteiger partial charge in [-0.15, -0.1) is 13.2 Å². The monoisotopic (exact) mass is 399 g/mol. The van der Waals surface area contributed by atoms with Gasteiger partial charge in [-0.05, 0) is 24.3 Å². The van der Waals surface area contributed by atoms with Crippen LogP contribution in [0.5, 0.6) is 11.5 Å². The number of nitrogens with zero attached hydrogens (tertiary/aromatic N) is 1. The summed E-state index contributed by atoms with van der Waals surface area (Å²) < 4.78 is 72.4. The fraction of sp³-hybridized carbons (Fsp3) is 0.500. The predicted octanol–water partition coefficient (Wildman–Crippen LogP) is 2.06. The van der Waals surface area contributed by atoms with Gasteiger partial charge in [-0.3, -0.25) is 9.08 Å². The van der Waals surface area contributed by atoms with E-state index in [0.29, 0.717) is 0 Å². The van der Waals surface area contributed by atoms with Crippen molar-refractivity contribution in [3.8, 4) is 11.5 Å². The van der Waals surface area contributed by atoms with Gasteiger partial charge in [0.15, 0.2) is 0 Å². The van der Waals surface area contributed by atoms with E-state index in [9.17, 15) is 31.5 Å². The fourth-order valence-electron chi connectivity index (χ4n) is 2.47. The normalized spacial score (nSPS) is 20.8. The van der Waals surface area contributed by atoms with Crippen molar-refractivity contribution in [3.05, 3.63) is 24.3 Å². The minimum absolute atomic E-state index is 0.0338. The lowest BCUT2D eigenvalue weighted by Gasteiger charge is -2.19. The Morgan fingerprint density at radius 1 is 1.27 bits per heavy atom. The molecule has 1 aliphatic rings. The number of rotatable bonds is 6. The zero-order valence-corrected chi connectivity index (χ0v) is 14.3. The van der Waals surface area contributed by atoms with Gasteiger partial charge in [0.25, 0.3) is 10.1 Å². The van der Waals surface area contributed by atoms with E-state index in [1.165, 1.54) is 12.1 Å². The summed E-state index contributed by atoms with van der Waals surface area (Å²) in [7, 11) is -3.72. The molecule has 0 aromatic heterocycles. The zero-order chi connectivity index (χ0) is 19.5. The highest BCUT2D eigenvalue weighted by Crippen LogP contribution is 2.27. The fourth-order valence-corrected chi connectivity index (χ4v) is 2.87. The number of carbonyl (C=O) groups is 1. The Bertz CT molecular complexity index is 736. The summed E-state index contributed by atoms with van der Waals surface area (Å²) in [5.41, 5.74) is 0. The first-order valence-corrected chi connectivity index (χ1v) is 9.11. The van der Waals surface area contributed by atoms with Crippen molar-refractivity contribution in [2.45, 2.75) is 24.9 Å². The van der Waals surface area contributed by atoms with Crippen molar-refractivity contribution >= 4 is 16.2 Å². The van der Waals surface area contributed by atoms with Crippen molar-refractivity contribution in [1.29, 1.82) is 0 Å². The predicted molar refractivity (Wildman–Crippen MR) is 81.5 cm³/mol. The zero-order valence-electron chi connectivity index (χ0n) is 13.5. The van der Waals surface area contributed by atoms with Gasteiger partial charge in [-0.25, -0.2) is 4.79 Å². The molecule has 1 aromatic rings. The standard InChI is InChI=1S/C14H16F3NO7S/c1-26(21,22)23-8-9-6-12(7-18(9)13(19)20)24-10-2-4-11(5-3-10)25-14(15,16)17/h2-5,9,12H,6-8H2,1H3,(H,19,20)/t9-,12-/m0/s1. The summed E-state index contributed by atoms with van der Waals surface area (Å²) in [6.45, 7) is -0.378. The van der Waals surface area contributed by atoms with Crippen LogP contribution in [0.2, 0.25) is 0 Å². The van der Waals surface area contributed by atoms with Gasteiger partial charge in [-0.2, -0.15) is 8.42 Å². The summed E-state index contributed by atoms with van der Waals surface area (Å²) in [5.74, 6) is -0.192. The van der Waals surface area contributed by atoms with Gasteiger partial charge in [0.05, 0.1) is 25.4 Å². The molecule has 0 radical (unpaired) electrons. The van der Waals surface area contributed by atoms with E-state index in [4.69, 9.17) is 4.74 Å². The maximum absolute atomic E-state index is 12.1. The molecule has 1 heterocycles. The van der Waals surface area contributed by atoms with Crippen LogP contribution >= 0.6 is 0 Å². The third-order valence-electron chi connectivity index (χ3n) is 3.46. The highest BCUT2D eigenvalue weighted by atomic mass is 32.2. The van der Waals surface area contributed by atoms with E-state index >= 15 is 0 Å². The Kier molecular flexibility index (Phi) is 5.86. The second kappa shape index (κ2) is 7.58. The smallest absolute Gasteiger partial charge is 0.488 e. The van der Waals surface area contributed by atoms with Crippen molar-refractivity contribution in [3.63, 3.8) is 0 Å². The van der Waals surface area contributed by atoms with Crippen LogP contribution in [0.3, 0.4) is 0 Å². The number of carboxylic acid groups (broad SMARTS) is 1.